The average molecular weight is 343 g/mol. The summed E-state index contributed by atoms with van der Waals surface area (Å²) in [6, 6.07) is 22.5. The Labute approximate surface area is 154 Å². The highest BCUT2D eigenvalue weighted by Crippen LogP contribution is 2.33. The Morgan fingerprint density at radius 1 is 1.00 bits per heavy atom. The molecule has 0 spiro atoms. The smallest absolute Gasteiger partial charge is 0.296 e. The molecule has 2 aromatic carbocycles. The fourth-order valence-corrected chi connectivity index (χ4v) is 3.77. The lowest BCUT2D eigenvalue weighted by Gasteiger charge is -2.24. The maximum atomic E-state index is 13.3. The van der Waals surface area contributed by atoms with Crippen LogP contribution in [0.2, 0.25) is 0 Å². The summed E-state index contributed by atoms with van der Waals surface area (Å²) in [7, 11) is 0. The first-order valence-electron chi connectivity index (χ1n) is 9.12. The van der Waals surface area contributed by atoms with E-state index in [-0.39, 0.29) is 18.0 Å². The molecule has 1 aliphatic heterocycles. The van der Waals surface area contributed by atoms with E-state index in [9.17, 15) is 4.79 Å². The molecule has 0 bridgehead atoms. The molecule has 3 aromatic rings. The molecule has 0 N–H and O–H groups in total. The Morgan fingerprint density at radius 2 is 1.69 bits per heavy atom. The summed E-state index contributed by atoms with van der Waals surface area (Å²) >= 11 is 0. The predicted molar refractivity (Wildman–Crippen MR) is 104 cm³/mol. The summed E-state index contributed by atoms with van der Waals surface area (Å²) in [6.07, 6.45) is 4.95. The van der Waals surface area contributed by atoms with Crippen LogP contribution in [0.25, 0.3) is 11.1 Å². The third-order valence-corrected chi connectivity index (χ3v) is 5.18. The molecule has 1 amide bonds. The van der Waals surface area contributed by atoms with Crippen molar-refractivity contribution in [2.24, 2.45) is 0 Å². The van der Waals surface area contributed by atoms with E-state index in [1.807, 2.05) is 59.0 Å². The molecule has 0 aliphatic carbocycles. The van der Waals surface area contributed by atoms with Crippen LogP contribution >= 0.6 is 0 Å². The lowest BCUT2D eigenvalue weighted by Crippen LogP contribution is -2.49. The predicted octanol–water partition coefficient (Wildman–Crippen LogP) is 4.18. The van der Waals surface area contributed by atoms with Crippen molar-refractivity contribution >= 4 is 11.6 Å². The number of carbonyl (C=O) groups excluding carboxylic acids is 1. The van der Waals surface area contributed by atoms with E-state index in [4.69, 9.17) is 0 Å². The Balaban J connectivity index is 1.64. The number of anilines is 1. The summed E-state index contributed by atoms with van der Waals surface area (Å²) < 4.78 is 2.01. The molecule has 0 radical (unpaired) electrons. The second kappa shape index (κ2) is 6.75. The van der Waals surface area contributed by atoms with E-state index in [1.54, 1.807) is 0 Å². The number of fused-ring (bicyclic) bond motifs is 1. The quantitative estimate of drug-likeness (QED) is 0.655. The Hall–Kier alpha value is -2.94. The fourth-order valence-electron chi connectivity index (χ4n) is 3.77. The Morgan fingerprint density at radius 3 is 2.50 bits per heavy atom. The number of amides is 1. The van der Waals surface area contributed by atoms with Gasteiger partial charge in [-0.05, 0) is 36.6 Å². The third kappa shape index (κ3) is 2.90. The minimum atomic E-state index is -0.257. The first kappa shape index (κ1) is 16.5. The topological polar surface area (TPSA) is 24.2 Å². The maximum absolute atomic E-state index is 13.3. The molecule has 1 aliphatic rings. The van der Waals surface area contributed by atoms with Gasteiger partial charge in [0.2, 0.25) is 6.04 Å². The first-order valence-corrected chi connectivity index (χ1v) is 9.12. The number of rotatable bonds is 3. The molecule has 4 rings (SSSR count). The molecule has 130 valence electrons. The Bertz CT molecular complexity index is 936. The zero-order chi connectivity index (χ0) is 18.1. The lowest BCUT2D eigenvalue weighted by molar-refractivity contribution is -0.705. The summed E-state index contributed by atoms with van der Waals surface area (Å²) in [5, 5.41) is 0. The van der Waals surface area contributed by atoms with Gasteiger partial charge in [-0.1, -0.05) is 48.5 Å². The second-order valence-corrected chi connectivity index (χ2v) is 6.97. The molecule has 2 atom stereocenters. The van der Waals surface area contributed by atoms with Gasteiger partial charge in [0.05, 0.1) is 0 Å². The van der Waals surface area contributed by atoms with Gasteiger partial charge in [0, 0.05) is 30.3 Å². The highest BCUT2D eigenvalue weighted by atomic mass is 16.2. The molecule has 2 heterocycles. The summed E-state index contributed by atoms with van der Waals surface area (Å²) in [4.78, 5) is 15.2. The van der Waals surface area contributed by atoms with Gasteiger partial charge in [-0.2, -0.15) is 4.57 Å². The number of benzene rings is 2. The van der Waals surface area contributed by atoms with Gasteiger partial charge in [-0.15, -0.1) is 0 Å². The average Bonchev–Trinajstić information content (AvgIpc) is 3.03. The highest BCUT2D eigenvalue weighted by Gasteiger charge is 2.36. The van der Waals surface area contributed by atoms with E-state index in [2.05, 4.69) is 43.5 Å². The van der Waals surface area contributed by atoms with E-state index in [0.717, 1.165) is 23.2 Å². The van der Waals surface area contributed by atoms with Gasteiger partial charge >= 0.3 is 0 Å². The normalized spacial score (nSPS) is 17.0. The van der Waals surface area contributed by atoms with Crippen molar-refractivity contribution in [2.45, 2.75) is 32.4 Å². The molecule has 3 heteroatoms. The summed E-state index contributed by atoms with van der Waals surface area (Å²) in [5.74, 6) is 0.137. The number of para-hydroxylation sites is 1. The fraction of sp³-hybridized carbons (Fsp3) is 0.217. The number of carbonyl (C=O) groups is 1. The first-order chi connectivity index (χ1) is 12.6. The van der Waals surface area contributed by atoms with Crippen LogP contribution in [0.15, 0.2) is 79.1 Å². The van der Waals surface area contributed by atoms with Gasteiger partial charge in [0.1, 0.15) is 0 Å². The summed E-state index contributed by atoms with van der Waals surface area (Å²) in [6.45, 7) is 4.10. The van der Waals surface area contributed by atoms with Gasteiger partial charge in [-0.25, -0.2) is 0 Å². The van der Waals surface area contributed by atoms with Crippen molar-refractivity contribution in [3.05, 3.63) is 84.7 Å². The van der Waals surface area contributed by atoms with Crippen molar-refractivity contribution in [3.8, 4) is 11.1 Å². The molecular formula is C23H23N2O+. The van der Waals surface area contributed by atoms with E-state index >= 15 is 0 Å². The van der Waals surface area contributed by atoms with Gasteiger partial charge in [-0.3, -0.25) is 4.79 Å². The zero-order valence-electron chi connectivity index (χ0n) is 15.2. The van der Waals surface area contributed by atoms with Crippen molar-refractivity contribution in [1.82, 2.24) is 0 Å². The molecule has 1 aromatic heterocycles. The van der Waals surface area contributed by atoms with Gasteiger partial charge in [0.15, 0.2) is 12.4 Å². The highest BCUT2D eigenvalue weighted by molar-refractivity contribution is 5.97. The summed E-state index contributed by atoms with van der Waals surface area (Å²) in [5.41, 5.74) is 4.57. The van der Waals surface area contributed by atoms with Crippen LogP contribution in [0.5, 0.6) is 0 Å². The van der Waals surface area contributed by atoms with Crippen molar-refractivity contribution < 1.29 is 9.36 Å². The van der Waals surface area contributed by atoms with E-state index in [0.29, 0.717) is 0 Å². The van der Waals surface area contributed by atoms with Crippen LogP contribution in [0.1, 0.15) is 25.5 Å². The van der Waals surface area contributed by atoms with Crippen LogP contribution in [0, 0.1) is 0 Å². The van der Waals surface area contributed by atoms with Crippen LogP contribution in [-0.4, -0.2) is 11.9 Å². The number of aromatic nitrogens is 1. The number of hydrogen-bond acceptors (Lipinski definition) is 1. The molecular weight excluding hydrogens is 320 g/mol. The van der Waals surface area contributed by atoms with Crippen LogP contribution in [0.4, 0.5) is 5.69 Å². The van der Waals surface area contributed by atoms with Crippen molar-refractivity contribution in [3.63, 3.8) is 0 Å². The minimum Gasteiger partial charge on any atom is -0.303 e. The number of hydrogen-bond donors (Lipinski definition) is 0. The molecule has 0 saturated heterocycles. The van der Waals surface area contributed by atoms with E-state index < -0.39 is 0 Å². The lowest BCUT2D eigenvalue weighted by atomic mass is 10.1. The molecule has 3 nitrogen and oxygen atoms in total. The van der Waals surface area contributed by atoms with Crippen molar-refractivity contribution in [1.29, 1.82) is 0 Å². The molecule has 0 fully saturated rings. The number of pyridine rings is 1. The standard InChI is InChI=1S/C23H23N2O/c1-17-15-20-11-6-7-13-22(20)25(17)23(26)18(2)24-14-8-12-21(16-24)19-9-4-3-5-10-19/h3-14,16-18H,15H2,1-2H3/q+1/t17-,18-/m0/s1. The SMILES string of the molecule is C[C@H]1Cc2ccccc2N1C(=O)[C@H](C)[n+]1cccc(-c2ccccc2)c1. The van der Waals surface area contributed by atoms with Gasteiger partial charge < -0.3 is 4.90 Å². The molecule has 0 unspecified atom stereocenters. The monoisotopic (exact) mass is 343 g/mol. The van der Waals surface area contributed by atoms with Crippen LogP contribution < -0.4 is 9.47 Å². The van der Waals surface area contributed by atoms with E-state index in [1.165, 1.54) is 5.56 Å². The van der Waals surface area contributed by atoms with Crippen LogP contribution in [0.3, 0.4) is 0 Å². The molecule has 0 saturated carbocycles. The van der Waals surface area contributed by atoms with Gasteiger partial charge in [0.25, 0.3) is 5.91 Å². The van der Waals surface area contributed by atoms with Crippen molar-refractivity contribution in [2.75, 3.05) is 4.90 Å². The second-order valence-electron chi connectivity index (χ2n) is 6.97. The van der Waals surface area contributed by atoms with Crippen LogP contribution in [-0.2, 0) is 11.2 Å². The number of nitrogens with zero attached hydrogens (tertiary/aromatic N) is 2. The maximum Gasteiger partial charge on any atom is 0.296 e. The molecule has 26 heavy (non-hydrogen) atoms. The minimum absolute atomic E-state index is 0.137. The zero-order valence-corrected chi connectivity index (χ0v) is 15.2. The Kier molecular flexibility index (Phi) is 4.29. The largest absolute Gasteiger partial charge is 0.303 e. The third-order valence-electron chi connectivity index (χ3n) is 5.18.